The number of nitrogens with one attached hydrogen (secondary N) is 1. The van der Waals surface area contributed by atoms with Gasteiger partial charge in [0.25, 0.3) is 0 Å². The zero-order chi connectivity index (χ0) is 19.8. The van der Waals surface area contributed by atoms with Crippen molar-refractivity contribution in [1.82, 2.24) is 5.32 Å². The molecule has 0 bridgehead atoms. The first-order valence-electron chi connectivity index (χ1n) is 10.0. The van der Waals surface area contributed by atoms with Gasteiger partial charge in [-0.1, -0.05) is 53.7 Å². The molecule has 0 heterocycles. The Labute approximate surface area is 161 Å². The second-order valence-electron chi connectivity index (χ2n) is 9.82. The van der Waals surface area contributed by atoms with Crippen molar-refractivity contribution in [2.45, 2.75) is 74.5 Å². The fraction of sp³-hybridized carbons (Fsp3) is 0.739. The Balaban J connectivity index is 2.40. The maximum Gasteiger partial charge on any atom is 0.119 e. The highest BCUT2D eigenvalue weighted by Crippen LogP contribution is 2.33. The van der Waals surface area contributed by atoms with Gasteiger partial charge in [-0.05, 0) is 54.7 Å². The van der Waals surface area contributed by atoms with Gasteiger partial charge in [-0.3, -0.25) is 0 Å². The minimum atomic E-state index is 0.185. The van der Waals surface area contributed by atoms with Crippen LogP contribution in [0.5, 0.6) is 5.75 Å². The predicted octanol–water partition coefficient (Wildman–Crippen LogP) is 5.68. The first-order chi connectivity index (χ1) is 12.0. The summed E-state index contributed by atoms with van der Waals surface area (Å²) in [7, 11) is 0. The van der Waals surface area contributed by atoms with E-state index in [4.69, 9.17) is 9.47 Å². The van der Waals surface area contributed by atoms with E-state index in [1.807, 2.05) is 0 Å². The summed E-state index contributed by atoms with van der Waals surface area (Å²) in [4.78, 5) is 0. The summed E-state index contributed by atoms with van der Waals surface area (Å²) in [6, 6.07) is 8.43. The molecule has 0 aromatic heterocycles. The molecule has 0 aliphatic heterocycles. The molecule has 0 aliphatic rings. The molecule has 26 heavy (non-hydrogen) atoms. The number of rotatable bonds is 12. The molecular weight excluding hydrogens is 322 g/mol. The first-order valence-corrected chi connectivity index (χ1v) is 10.0. The van der Waals surface area contributed by atoms with E-state index in [-0.39, 0.29) is 10.8 Å². The van der Waals surface area contributed by atoms with Crippen molar-refractivity contribution in [2.75, 3.05) is 19.8 Å². The van der Waals surface area contributed by atoms with Crippen LogP contribution in [-0.4, -0.2) is 25.9 Å². The second kappa shape index (κ2) is 10.3. The highest BCUT2D eigenvalue weighted by atomic mass is 16.5. The van der Waals surface area contributed by atoms with Gasteiger partial charge in [-0.15, -0.1) is 0 Å². The molecule has 1 N–H and O–H groups in total. The Kier molecular flexibility index (Phi) is 9.12. The smallest absolute Gasteiger partial charge is 0.119 e. The van der Waals surface area contributed by atoms with Crippen LogP contribution in [0.15, 0.2) is 24.3 Å². The van der Waals surface area contributed by atoms with Crippen LogP contribution < -0.4 is 10.1 Å². The molecule has 0 fully saturated rings. The molecule has 0 spiro atoms. The van der Waals surface area contributed by atoms with Crippen molar-refractivity contribution in [3.8, 4) is 5.75 Å². The number of ether oxygens (including phenoxy) is 2. The van der Waals surface area contributed by atoms with Gasteiger partial charge in [-0.2, -0.15) is 0 Å². The zero-order valence-electron chi connectivity index (χ0n) is 18.3. The van der Waals surface area contributed by atoms with E-state index in [1.165, 1.54) is 5.56 Å². The van der Waals surface area contributed by atoms with Crippen LogP contribution in [0.2, 0.25) is 0 Å². The number of hydrogen-bond acceptors (Lipinski definition) is 3. The van der Waals surface area contributed by atoms with Gasteiger partial charge in [0.2, 0.25) is 0 Å². The van der Waals surface area contributed by atoms with Crippen LogP contribution >= 0.6 is 0 Å². The SMILES string of the molecule is CC(C)COc1ccc(CNCC(C)(C)CC(C)(C)COC(C)C)cc1. The number of benzene rings is 1. The molecule has 150 valence electrons. The van der Waals surface area contributed by atoms with E-state index in [2.05, 4.69) is 85.0 Å². The maximum atomic E-state index is 5.84. The predicted molar refractivity (Wildman–Crippen MR) is 112 cm³/mol. The summed E-state index contributed by atoms with van der Waals surface area (Å²) < 4.78 is 11.6. The van der Waals surface area contributed by atoms with E-state index >= 15 is 0 Å². The first kappa shape index (κ1) is 23.0. The van der Waals surface area contributed by atoms with Gasteiger partial charge in [0.15, 0.2) is 0 Å². The molecule has 0 unspecified atom stereocenters. The number of hydrogen-bond donors (Lipinski definition) is 1. The van der Waals surface area contributed by atoms with E-state index in [0.717, 1.165) is 38.5 Å². The summed E-state index contributed by atoms with van der Waals surface area (Å²) in [6.07, 6.45) is 1.42. The third-order valence-corrected chi connectivity index (χ3v) is 4.20. The maximum absolute atomic E-state index is 5.84. The van der Waals surface area contributed by atoms with Crippen molar-refractivity contribution >= 4 is 0 Å². The zero-order valence-corrected chi connectivity index (χ0v) is 18.3. The average molecular weight is 364 g/mol. The summed E-state index contributed by atoms with van der Waals surface area (Å²) in [6.45, 7) is 21.2. The molecule has 0 radical (unpaired) electrons. The van der Waals surface area contributed by atoms with Crippen LogP contribution in [-0.2, 0) is 11.3 Å². The Morgan fingerprint density at radius 1 is 0.923 bits per heavy atom. The summed E-state index contributed by atoms with van der Waals surface area (Å²) >= 11 is 0. The van der Waals surface area contributed by atoms with Gasteiger partial charge >= 0.3 is 0 Å². The molecule has 1 aromatic carbocycles. The Morgan fingerprint density at radius 3 is 2.08 bits per heavy atom. The lowest BCUT2D eigenvalue weighted by molar-refractivity contribution is 0.00340. The monoisotopic (exact) mass is 363 g/mol. The summed E-state index contributed by atoms with van der Waals surface area (Å²) in [5.41, 5.74) is 1.70. The Bertz CT molecular complexity index is 503. The molecular formula is C23H41NO2. The molecule has 3 heteroatoms. The molecule has 1 aromatic rings. The van der Waals surface area contributed by atoms with Crippen LogP contribution in [0.25, 0.3) is 0 Å². The average Bonchev–Trinajstić information content (AvgIpc) is 2.51. The highest BCUT2D eigenvalue weighted by molar-refractivity contribution is 5.27. The largest absolute Gasteiger partial charge is 0.493 e. The molecule has 0 saturated carbocycles. The third-order valence-electron chi connectivity index (χ3n) is 4.20. The highest BCUT2D eigenvalue weighted by Gasteiger charge is 2.29. The Morgan fingerprint density at radius 2 is 1.54 bits per heavy atom. The second-order valence-corrected chi connectivity index (χ2v) is 9.82. The van der Waals surface area contributed by atoms with Crippen molar-refractivity contribution in [3.05, 3.63) is 29.8 Å². The molecule has 3 nitrogen and oxygen atoms in total. The molecule has 0 atom stereocenters. The van der Waals surface area contributed by atoms with E-state index in [9.17, 15) is 0 Å². The summed E-state index contributed by atoms with van der Waals surface area (Å²) in [5, 5.41) is 3.62. The molecule has 0 amide bonds. The van der Waals surface area contributed by atoms with Gasteiger partial charge in [-0.25, -0.2) is 0 Å². The van der Waals surface area contributed by atoms with E-state index in [0.29, 0.717) is 12.0 Å². The minimum Gasteiger partial charge on any atom is -0.493 e. The fourth-order valence-corrected chi connectivity index (χ4v) is 3.31. The third kappa shape index (κ3) is 10.2. The van der Waals surface area contributed by atoms with Crippen LogP contribution in [0.4, 0.5) is 0 Å². The van der Waals surface area contributed by atoms with E-state index in [1.54, 1.807) is 0 Å². The van der Waals surface area contributed by atoms with Crippen molar-refractivity contribution in [1.29, 1.82) is 0 Å². The molecule has 0 aliphatic carbocycles. The van der Waals surface area contributed by atoms with Crippen LogP contribution in [0.1, 0.15) is 67.4 Å². The minimum absolute atomic E-state index is 0.185. The Hall–Kier alpha value is -1.06. The fourth-order valence-electron chi connectivity index (χ4n) is 3.31. The lowest BCUT2D eigenvalue weighted by Crippen LogP contribution is -2.35. The van der Waals surface area contributed by atoms with Gasteiger partial charge in [0, 0.05) is 13.1 Å². The standard InChI is InChI=1S/C23H41NO2/c1-18(2)14-25-21-11-9-20(10-12-21)13-24-16-22(5,6)15-23(7,8)17-26-19(3)4/h9-12,18-19,24H,13-17H2,1-8H3. The van der Waals surface area contributed by atoms with Gasteiger partial charge < -0.3 is 14.8 Å². The lowest BCUT2D eigenvalue weighted by atomic mass is 9.75. The lowest BCUT2D eigenvalue weighted by Gasteiger charge is -2.35. The van der Waals surface area contributed by atoms with Crippen molar-refractivity contribution in [3.63, 3.8) is 0 Å². The quantitative estimate of drug-likeness (QED) is 0.518. The van der Waals surface area contributed by atoms with Crippen LogP contribution in [0, 0.1) is 16.7 Å². The summed E-state index contributed by atoms with van der Waals surface area (Å²) in [5.74, 6) is 1.50. The van der Waals surface area contributed by atoms with Crippen molar-refractivity contribution < 1.29 is 9.47 Å². The molecule has 0 saturated heterocycles. The topological polar surface area (TPSA) is 30.5 Å². The van der Waals surface area contributed by atoms with Gasteiger partial charge in [0.1, 0.15) is 5.75 Å². The van der Waals surface area contributed by atoms with E-state index < -0.39 is 0 Å². The van der Waals surface area contributed by atoms with Gasteiger partial charge in [0.05, 0.1) is 19.3 Å². The van der Waals surface area contributed by atoms with Crippen LogP contribution in [0.3, 0.4) is 0 Å². The van der Waals surface area contributed by atoms with Crippen molar-refractivity contribution in [2.24, 2.45) is 16.7 Å². The normalized spacial score (nSPS) is 12.8. The molecule has 1 rings (SSSR count).